The van der Waals surface area contributed by atoms with Crippen molar-refractivity contribution in [2.45, 2.75) is 13.8 Å². The molecule has 0 aliphatic carbocycles. The molecule has 1 aromatic carbocycles. The van der Waals surface area contributed by atoms with Crippen LogP contribution in [0.5, 0.6) is 0 Å². The minimum atomic E-state index is -0.0376. The first-order valence-corrected chi connectivity index (χ1v) is 6.66. The van der Waals surface area contributed by atoms with Gasteiger partial charge in [-0.25, -0.2) is 0 Å². The molecule has 1 heterocycles. The van der Waals surface area contributed by atoms with E-state index in [0.717, 1.165) is 22.5 Å². The Hall–Kier alpha value is -1.88. The molecule has 0 unspecified atom stereocenters. The van der Waals surface area contributed by atoms with Gasteiger partial charge in [-0.3, -0.25) is 4.79 Å². The van der Waals surface area contributed by atoms with Crippen molar-refractivity contribution in [3.05, 3.63) is 23.3 Å². The van der Waals surface area contributed by atoms with Crippen LogP contribution >= 0.6 is 0 Å². The van der Waals surface area contributed by atoms with E-state index in [0.29, 0.717) is 0 Å². The third-order valence-electron chi connectivity index (χ3n) is 3.83. The molecule has 0 fully saturated rings. The number of fused-ring (bicyclic) bond motifs is 1. The summed E-state index contributed by atoms with van der Waals surface area (Å²) in [5, 5.41) is 10.5. The SMILES string of the molecule is Cc1cc(C)c2c(c1)[N+](C)(C)C(O)=[N+]2CC(=O)N(C)C. The Balaban J connectivity index is 2.60. The molecule has 1 N–H and O–H groups in total. The van der Waals surface area contributed by atoms with Crippen LogP contribution in [0, 0.1) is 13.8 Å². The first kappa shape index (κ1) is 14.5. The molecule has 2 rings (SSSR count). The van der Waals surface area contributed by atoms with Gasteiger partial charge < -0.3 is 10.0 Å². The van der Waals surface area contributed by atoms with Gasteiger partial charge in [-0.05, 0) is 25.5 Å². The molecule has 1 aliphatic heterocycles. The van der Waals surface area contributed by atoms with Gasteiger partial charge >= 0.3 is 6.02 Å². The van der Waals surface area contributed by atoms with Gasteiger partial charge in [0.1, 0.15) is 0 Å². The summed E-state index contributed by atoms with van der Waals surface area (Å²) in [7, 11) is 7.29. The summed E-state index contributed by atoms with van der Waals surface area (Å²) < 4.78 is 1.98. The highest BCUT2D eigenvalue weighted by molar-refractivity contribution is 5.91. The lowest BCUT2D eigenvalue weighted by atomic mass is 10.1. The Morgan fingerprint density at radius 1 is 1.30 bits per heavy atom. The first-order valence-electron chi connectivity index (χ1n) is 6.66. The molecule has 5 nitrogen and oxygen atoms in total. The third kappa shape index (κ3) is 2.08. The van der Waals surface area contributed by atoms with E-state index in [2.05, 4.69) is 12.1 Å². The number of nitrogens with zero attached hydrogens (tertiary/aromatic N) is 3. The zero-order valence-electron chi connectivity index (χ0n) is 13.1. The Labute approximate surface area is 120 Å². The molecule has 0 saturated carbocycles. The van der Waals surface area contributed by atoms with Crippen LogP contribution in [0.25, 0.3) is 0 Å². The molecular formula is C15H23N3O2+2. The van der Waals surface area contributed by atoms with Crippen LogP contribution in [0.3, 0.4) is 0 Å². The Morgan fingerprint density at radius 2 is 1.90 bits per heavy atom. The number of amides is 1. The lowest BCUT2D eigenvalue weighted by Gasteiger charge is -2.16. The lowest BCUT2D eigenvalue weighted by Crippen LogP contribution is -2.47. The van der Waals surface area contributed by atoms with Gasteiger partial charge in [0.25, 0.3) is 11.6 Å². The molecule has 1 amide bonds. The predicted molar refractivity (Wildman–Crippen MR) is 80.7 cm³/mol. The largest absolute Gasteiger partial charge is 0.555 e. The quantitative estimate of drug-likeness (QED) is 0.658. The van der Waals surface area contributed by atoms with Crippen molar-refractivity contribution in [2.75, 3.05) is 34.7 Å². The second kappa shape index (κ2) is 4.59. The fourth-order valence-corrected chi connectivity index (χ4v) is 2.65. The summed E-state index contributed by atoms with van der Waals surface area (Å²) >= 11 is 0. The van der Waals surface area contributed by atoms with E-state index >= 15 is 0 Å². The summed E-state index contributed by atoms with van der Waals surface area (Å²) in [6, 6.07) is 4.33. The number of benzene rings is 1. The second-order valence-corrected chi connectivity index (χ2v) is 6.08. The van der Waals surface area contributed by atoms with Crippen LogP contribution < -0.4 is 4.48 Å². The molecular weight excluding hydrogens is 254 g/mol. The molecule has 0 radical (unpaired) electrons. The first-order chi connectivity index (χ1) is 9.16. The van der Waals surface area contributed by atoms with Crippen LogP contribution in [-0.2, 0) is 4.79 Å². The highest BCUT2D eigenvalue weighted by Gasteiger charge is 2.50. The van der Waals surface area contributed by atoms with Crippen molar-refractivity contribution in [2.24, 2.45) is 0 Å². The number of aryl methyl sites for hydroxylation is 2. The van der Waals surface area contributed by atoms with Crippen molar-refractivity contribution in [1.82, 2.24) is 9.38 Å². The number of carbonyl (C=O) groups is 1. The van der Waals surface area contributed by atoms with Crippen molar-refractivity contribution in [3.8, 4) is 0 Å². The van der Waals surface area contributed by atoms with Crippen LogP contribution in [0.1, 0.15) is 11.1 Å². The van der Waals surface area contributed by atoms with Crippen molar-refractivity contribution >= 4 is 23.3 Å². The maximum absolute atomic E-state index is 12.0. The topological polar surface area (TPSA) is 43.6 Å². The van der Waals surface area contributed by atoms with Gasteiger partial charge in [0.05, 0.1) is 14.1 Å². The lowest BCUT2D eigenvalue weighted by molar-refractivity contribution is -0.437. The Bertz CT molecular complexity index is 616. The Kier molecular flexibility index (Phi) is 3.34. The van der Waals surface area contributed by atoms with Gasteiger partial charge in [-0.1, -0.05) is 4.58 Å². The highest BCUT2D eigenvalue weighted by atomic mass is 16.3. The van der Waals surface area contributed by atoms with Crippen molar-refractivity contribution in [1.29, 1.82) is 0 Å². The van der Waals surface area contributed by atoms with Gasteiger partial charge in [-0.15, -0.1) is 0 Å². The number of hydrogen-bond acceptors (Lipinski definition) is 1. The summed E-state index contributed by atoms with van der Waals surface area (Å²) in [6.45, 7) is 4.20. The molecule has 1 aromatic rings. The Morgan fingerprint density at radius 3 is 2.45 bits per heavy atom. The average Bonchev–Trinajstić information content (AvgIpc) is 2.51. The van der Waals surface area contributed by atoms with Gasteiger partial charge in [-0.2, -0.15) is 4.48 Å². The molecule has 0 spiro atoms. The summed E-state index contributed by atoms with van der Waals surface area (Å²) in [5.74, 6) is -0.0376. The van der Waals surface area contributed by atoms with Crippen LogP contribution in [0.2, 0.25) is 0 Å². The fourth-order valence-electron chi connectivity index (χ4n) is 2.65. The molecule has 5 heteroatoms. The number of aliphatic hydroxyl groups excluding tert-OH is 1. The zero-order valence-corrected chi connectivity index (χ0v) is 13.1. The minimum Gasteiger partial charge on any atom is -0.415 e. The molecule has 108 valence electrons. The van der Waals surface area contributed by atoms with Gasteiger partial charge in [0, 0.05) is 25.7 Å². The number of hydrogen-bond donors (Lipinski definition) is 1. The number of rotatable bonds is 2. The van der Waals surface area contributed by atoms with Crippen molar-refractivity contribution in [3.63, 3.8) is 0 Å². The van der Waals surface area contributed by atoms with Crippen LogP contribution in [0.4, 0.5) is 11.4 Å². The standard InChI is InChI=1S/C15H22N3O2/c1-10-7-11(2)14-12(8-10)18(5,6)15(20)17(14)9-13(19)16(3)4/h7-8H,9H2,1-6H3/q+1/p+1. The van der Waals surface area contributed by atoms with E-state index in [4.69, 9.17) is 0 Å². The summed E-state index contributed by atoms with van der Waals surface area (Å²) in [6.07, 6.45) is 0. The zero-order chi connectivity index (χ0) is 15.2. The number of carbonyl (C=O) groups excluding carboxylic acids is 1. The van der Waals surface area contributed by atoms with E-state index < -0.39 is 0 Å². The van der Waals surface area contributed by atoms with Crippen molar-refractivity contribution < 1.29 is 14.5 Å². The van der Waals surface area contributed by atoms with Crippen LogP contribution in [0.15, 0.2) is 12.1 Å². The average molecular weight is 277 g/mol. The number of quaternary nitrogens is 1. The van der Waals surface area contributed by atoms with E-state index in [1.807, 2.05) is 27.9 Å². The maximum atomic E-state index is 12.0. The molecule has 1 aliphatic rings. The normalized spacial score (nSPS) is 16.3. The number of likely N-dealkylation sites (N-methyl/N-ethyl adjacent to an activating group) is 1. The molecule has 0 saturated heterocycles. The molecule has 0 atom stereocenters. The van der Waals surface area contributed by atoms with Crippen LogP contribution in [-0.4, -0.2) is 61.2 Å². The minimum absolute atomic E-state index is 0.0376. The maximum Gasteiger partial charge on any atom is 0.555 e. The smallest absolute Gasteiger partial charge is 0.415 e. The molecule has 0 bridgehead atoms. The predicted octanol–water partition coefficient (Wildman–Crippen LogP) is 1.53. The van der Waals surface area contributed by atoms with E-state index in [1.54, 1.807) is 18.7 Å². The number of amidine groups is 1. The third-order valence-corrected chi connectivity index (χ3v) is 3.83. The summed E-state index contributed by atoms with van der Waals surface area (Å²) in [4.78, 5) is 13.5. The summed E-state index contributed by atoms with van der Waals surface area (Å²) in [5.41, 5.74) is 4.18. The van der Waals surface area contributed by atoms with Gasteiger partial charge in [0.2, 0.25) is 12.2 Å². The second-order valence-electron chi connectivity index (χ2n) is 6.08. The highest BCUT2D eigenvalue weighted by Crippen LogP contribution is 2.40. The fraction of sp³-hybridized carbons (Fsp3) is 0.467. The molecule has 0 aromatic heterocycles. The van der Waals surface area contributed by atoms with Gasteiger partial charge in [0.15, 0.2) is 0 Å². The van der Waals surface area contributed by atoms with E-state index in [9.17, 15) is 9.90 Å². The van der Waals surface area contributed by atoms with E-state index in [1.165, 1.54) is 4.90 Å². The molecule has 20 heavy (non-hydrogen) atoms. The monoisotopic (exact) mass is 277 g/mol. The number of aliphatic hydroxyl groups is 1. The van der Waals surface area contributed by atoms with E-state index in [-0.39, 0.29) is 23.0 Å².